The molecular weight excluding hydrogens is 275 g/mol. The molecule has 1 fully saturated rings. The van der Waals surface area contributed by atoms with Gasteiger partial charge in [0.2, 0.25) is 0 Å². The normalized spacial score (nSPS) is 15.3. The van der Waals surface area contributed by atoms with Crippen molar-refractivity contribution in [3.8, 4) is 10.6 Å². The summed E-state index contributed by atoms with van der Waals surface area (Å²) in [5.74, 6) is -0.244. The minimum Gasteiger partial charge on any atom is -0.338 e. The fraction of sp³-hybridized carbons (Fsp3) is 0.333. The Balaban J connectivity index is 1.81. The number of hydrogen-bond acceptors (Lipinski definition) is 3. The fourth-order valence-corrected chi connectivity index (χ4v) is 3.26. The third kappa shape index (κ3) is 2.72. The average molecular weight is 290 g/mol. The van der Waals surface area contributed by atoms with Crippen LogP contribution in [0, 0.1) is 5.82 Å². The molecule has 2 heterocycles. The molecule has 0 bridgehead atoms. The van der Waals surface area contributed by atoms with Crippen molar-refractivity contribution in [1.29, 1.82) is 0 Å². The van der Waals surface area contributed by atoms with Crippen LogP contribution in [-0.4, -0.2) is 28.9 Å². The predicted octanol–water partition coefficient (Wildman–Crippen LogP) is 3.58. The highest BCUT2D eigenvalue weighted by Crippen LogP contribution is 2.27. The lowest BCUT2D eigenvalue weighted by atomic mass is 10.1. The van der Waals surface area contributed by atoms with E-state index in [-0.39, 0.29) is 11.7 Å². The van der Waals surface area contributed by atoms with Gasteiger partial charge in [0, 0.05) is 18.7 Å². The number of carbonyl (C=O) groups excluding carboxylic acids is 1. The second kappa shape index (κ2) is 5.71. The van der Waals surface area contributed by atoms with Gasteiger partial charge in [-0.3, -0.25) is 4.79 Å². The highest BCUT2D eigenvalue weighted by atomic mass is 32.1. The molecule has 1 aliphatic rings. The topological polar surface area (TPSA) is 33.2 Å². The van der Waals surface area contributed by atoms with Crippen LogP contribution in [0.15, 0.2) is 30.5 Å². The van der Waals surface area contributed by atoms with Gasteiger partial charge in [-0.2, -0.15) is 0 Å². The maximum atomic E-state index is 13.2. The zero-order chi connectivity index (χ0) is 13.9. The van der Waals surface area contributed by atoms with Gasteiger partial charge in [-0.05, 0) is 31.4 Å². The molecule has 0 saturated carbocycles. The van der Waals surface area contributed by atoms with Crippen molar-refractivity contribution in [3.05, 3.63) is 41.2 Å². The molecule has 0 unspecified atom stereocenters. The maximum Gasteiger partial charge on any atom is 0.265 e. The van der Waals surface area contributed by atoms with Crippen molar-refractivity contribution in [2.75, 3.05) is 13.1 Å². The number of thiazole rings is 1. The Morgan fingerprint density at radius 2 is 2.05 bits per heavy atom. The second-order valence-electron chi connectivity index (χ2n) is 4.89. The Morgan fingerprint density at radius 3 is 2.80 bits per heavy atom. The minimum atomic E-state index is -0.290. The number of benzene rings is 1. The van der Waals surface area contributed by atoms with Crippen LogP contribution in [0.3, 0.4) is 0 Å². The number of aromatic nitrogens is 1. The van der Waals surface area contributed by atoms with Crippen LogP contribution in [0.5, 0.6) is 0 Å². The number of nitrogens with zero attached hydrogens (tertiary/aromatic N) is 2. The van der Waals surface area contributed by atoms with E-state index in [0.717, 1.165) is 25.9 Å². The van der Waals surface area contributed by atoms with Crippen molar-refractivity contribution < 1.29 is 9.18 Å². The number of hydrogen-bond donors (Lipinski definition) is 0. The van der Waals surface area contributed by atoms with Gasteiger partial charge in [0.1, 0.15) is 15.7 Å². The van der Waals surface area contributed by atoms with E-state index in [2.05, 4.69) is 4.98 Å². The second-order valence-corrected chi connectivity index (χ2v) is 5.92. The first-order valence-electron chi connectivity index (χ1n) is 6.75. The number of rotatable bonds is 2. The van der Waals surface area contributed by atoms with Crippen molar-refractivity contribution in [2.45, 2.75) is 19.3 Å². The molecule has 1 aromatic carbocycles. The molecule has 0 radical (unpaired) electrons. The number of likely N-dealkylation sites (tertiary alicyclic amines) is 1. The summed E-state index contributed by atoms with van der Waals surface area (Å²) in [4.78, 5) is 19.1. The smallest absolute Gasteiger partial charge is 0.265 e. The predicted molar refractivity (Wildman–Crippen MR) is 77.3 cm³/mol. The summed E-state index contributed by atoms with van der Waals surface area (Å²) in [7, 11) is 0. The van der Waals surface area contributed by atoms with E-state index >= 15 is 0 Å². The Bertz CT molecular complexity index is 620. The number of carbonyl (C=O) groups is 1. The molecule has 5 heteroatoms. The molecule has 0 N–H and O–H groups in total. The van der Waals surface area contributed by atoms with Crippen LogP contribution in [0.2, 0.25) is 0 Å². The Kier molecular flexibility index (Phi) is 3.78. The Morgan fingerprint density at radius 1 is 1.25 bits per heavy atom. The molecule has 1 amide bonds. The lowest BCUT2D eigenvalue weighted by molar-refractivity contribution is 0.0729. The third-order valence-corrected chi connectivity index (χ3v) is 4.47. The summed E-state index contributed by atoms with van der Waals surface area (Å²) in [5, 5.41) is 0.685. The third-order valence-electron chi connectivity index (χ3n) is 3.43. The van der Waals surface area contributed by atoms with Crippen LogP contribution < -0.4 is 0 Å². The lowest BCUT2D eigenvalue weighted by Gasteiger charge is -2.25. The zero-order valence-electron chi connectivity index (χ0n) is 11.0. The largest absolute Gasteiger partial charge is 0.338 e. The molecule has 1 saturated heterocycles. The first-order valence-corrected chi connectivity index (χ1v) is 7.57. The van der Waals surface area contributed by atoms with E-state index in [9.17, 15) is 9.18 Å². The lowest BCUT2D eigenvalue weighted by Crippen LogP contribution is -2.35. The molecule has 1 aromatic heterocycles. The quantitative estimate of drug-likeness (QED) is 0.847. The van der Waals surface area contributed by atoms with Crippen LogP contribution in [-0.2, 0) is 0 Å². The monoisotopic (exact) mass is 290 g/mol. The minimum absolute atomic E-state index is 0.0462. The van der Waals surface area contributed by atoms with Gasteiger partial charge in [-0.1, -0.05) is 12.1 Å². The molecule has 104 valence electrons. The molecule has 0 aliphatic carbocycles. The standard InChI is InChI=1S/C15H15FN2OS/c16-12-6-4-5-11(9-12)14-17-10-13(20-14)15(19)18-7-2-1-3-8-18/h4-6,9-10H,1-3,7-8H2. The molecule has 20 heavy (non-hydrogen) atoms. The summed E-state index contributed by atoms with van der Waals surface area (Å²) in [6.45, 7) is 1.65. The number of piperidine rings is 1. The van der Waals surface area contributed by atoms with Gasteiger partial charge in [-0.25, -0.2) is 9.37 Å². The van der Waals surface area contributed by atoms with Crippen LogP contribution in [0.25, 0.3) is 10.6 Å². The van der Waals surface area contributed by atoms with Crippen LogP contribution in [0.4, 0.5) is 4.39 Å². The Labute approximate surface area is 121 Å². The number of halogens is 1. The summed E-state index contributed by atoms with van der Waals surface area (Å²) < 4.78 is 13.2. The van der Waals surface area contributed by atoms with Crippen molar-refractivity contribution >= 4 is 17.2 Å². The van der Waals surface area contributed by atoms with Gasteiger partial charge >= 0.3 is 0 Å². The van der Waals surface area contributed by atoms with Gasteiger partial charge in [-0.15, -0.1) is 11.3 Å². The highest BCUT2D eigenvalue weighted by molar-refractivity contribution is 7.16. The van der Waals surface area contributed by atoms with Gasteiger partial charge < -0.3 is 4.90 Å². The van der Waals surface area contributed by atoms with Gasteiger partial charge in [0.25, 0.3) is 5.91 Å². The Hall–Kier alpha value is -1.75. The summed E-state index contributed by atoms with van der Waals surface area (Å²) in [6.07, 6.45) is 4.94. The van der Waals surface area contributed by atoms with Gasteiger partial charge in [0.05, 0.1) is 6.20 Å². The first kappa shape index (κ1) is 13.2. The van der Waals surface area contributed by atoms with E-state index in [1.165, 1.54) is 29.9 Å². The molecule has 0 atom stereocenters. The van der Waals surface area contributed by atoms with Crippen molar-refractivity contribution in [2.24, 2.45) is 0 Å². The van der Waals surface area contributed by atoms with E-state index in [0.29, 0.717) is 15.4 Å². The van der Waals surface area contributed by atoms with E-state index in [1.54, 1.807) is 18.3 Å². The van der Waals surface area contributed by atoms with E-state index in [1.807, 2.05) is 4.90 Å². The molecule has 1 aliphatic heterocycles. The average Bonchev–Trinajstić information content (AvgIpc) is 2.97. The molecule has 0 spiro atoms. The summed E-state index contributed by atoms with van der Waals surface area (Å²) in [5.41, 5.74) is 0.715. The maximum absolute atomic E-state index is 13.2. The zero-order valence-corrected chi connectivity index (χ0v) is 11.8. The first-order chi connectivity index (χ1) is 9.74. The van der Waals surface area contributed by atoms with Gasteiger partial charge in [0.15, 0.2) is 0 Å². The highest BCUT2D eigenvalue weighted by Gasteiger charge is 2.20. The fourth-order valence-electron chi connectivity index (χ4n) is 2.38. The summed E-state index contributed by atoms with van der Waals surface area (Å²) in [6, 6.07) is 6.29. The van der Waals surface area contributed by atoms with Crippen LogP contribution in [0.1, 0.15) is 28.9 Å². The molecule has 3 rings (SSSR count). The van der Waals surface area contributed by atoms with Crippen molar-refractivity contribution in [1.82, 2.24) is 9.88 Å². The molecule has 2 aromatic rings. The SMILES string of the molecule is O=C(c1cnc(-c2cccc(F)c2)s1)N1CCCCC1. The summed E-state index contributed by atoms with van der Waals surface area (Å²) >= 11 is 1.33. The van der Waals surface area contributed by atoms with Crippen molar-refractivity contribution in [3.63, 3.8) is 0 Å². The molecular formula is C15H15FN2OS. The molecule has 3 nitrogen and oxygen atoms in total. The number of amides is 1. The van der Waals surface area contributed by atoms with E-state index in [4.69, 9.17) is 0 Å². The van der Waals surface area contributed by atoms with E-state index < -0.39 is 0 Å². The van der Waals surface area contributed by atoms with Crippen LogP contribution >= 0.6 is 11.3 Å².